The highest BCUT2D eigenvalue weighted by atomic mass is 16.3. The Morgan fingerprint density at radius 2 is 2.08 bits per heavy atom. The Bertz CT molecular complexity index is 153. The number of hydrogen-bond acceptors (Lipinski definition) is 3. The van der Waals surface area contributed by atoms with Crippen LogP contribution in [-0.4, -0.2) is 40.8 Å². The number of aliphatic hydroxyl groups is 1. The third-order valence-corrected chi connectivity index (χ3v) is 2.52. The van der Waals surface area contributed by atoms with Crippen LogP contribution < -0.4 is 5.73 Å². The summed E-state index contributed by atoms with van der Waals surface area (Å²) in [4.78, 5) is 2.29. The summed E-state index contributed by atoms with van der Waals surface area (Å²) in [7, 11) is 0. The van der Waals surface area contributed by atoms with Crippen molar-refractivity contribution in [2.45, 2.75) is 44.8 Å². The molecule has 0 aromatic carbocycles. The highest BCUT2D eigenvalue weighted by Crippen LogP contribution is 2.25. The van der Waals surface area contributed by atoms with Gasteiger partial charge in [-0.05, 0) is 27.2 Å². The van der Waals surface area contributed by atoms with Gasteiger partial charge in [0.2, 0.25) is 0 Å². The average molecular weight is 172 g/mol. The SMILES string of the molecule is CC(C)(C)N1C[C@H](N)C[C@@H]1CO. The van der Waals surface area contributed by atoms with Gasteiger partial charge < -0.3 is 10.8 Å². The molecule has 3 N–H and O–H groups in total. The van der Waals surface area contributed by atoms with Crippen LogP contribution in [0.25, 0.3) is 0 Å². The minimum Gasteiger partial charge on any atom is -0.395 e. The predicted octanol–water partition coefficient (Wildman–Crippen LogP) is 0.179. The number of rotatable bonds is 1. The van der Waals surface area contributed by atoms with E-state index in [1.54, 1.807) is 0 Å². The molecule has 1 rings (SSSR count). The van der Waals surface area contributed by atoms with Gasteiger partial charge in [0.1, 0.15) is 0 Å². The van der Waals surface area contributed by atoms with Crippen LogP contribution in [0.3, 0.4) is 0 Å². The first-order valence-corrected chi connectivity index (χ1v) is 4.58. The van der Waals surface area contributed by atoms with Crippen LogP contribution in [0, 0.1) is 0 Å². The summed E-state index contributed by atoms with van der Waals surface area (Å²) in [6.45, 7) is 7.62. The highest BCUT2D eigenvalue weighted by molar-refractivity contribution is 4.93. The molecule has 0 saturated carbocycles. The fraction of sp³-hybridized carbons (Fsp3) is 1.00. The summed E-state index contributed by atoms with van der Waals surface area (Å²) < 4.78 is 0. The molecule has 0 spiro atoms. The first-order valence-electron chi connectivity index (χ1n) is 4.58. The van der Waals surface area contributed by atoms with E-state index >= 15 is 0 Å². The lowest BCUT2D eigenvalue weighted by atomic mass is 10.1. The van der Waals surface area contributed by atoms with Crippen LogP contribution in [-0.2, 0) is 0 Å². The Hall–Kier alpha value is -0.120. The lowest BCUT2D eigenvalue weighted by Crippen LogP contribution is -2.46. The molecule has 3 heteroatoms. The van der Waals surface area contributed by atoms with Crippen molar-refractivity contribution in [3.63, 3.8) is 0 Å². The van der Waals surface area contributed by atoms with Crippen molar-refractivity contribution < 1.29 is 5.11 Å². The second-order valence-electron chi connectivity index (χ2n) is 4.66. The van der Waals surface area contributed by atoms with E-state index in [2.05, 4.69) is 25.7 Å². The van der Waals surface area contributed by atoms with Crippen LogP contribution in [0.5, 0.6) is 0 Å². The number of nitrogens with two attached hydrogens (primary N) is 1. The van der Waals surface area contributed by atoms with Gasteiger partial charge in [0.15, 0.2) is 0 Å². The average Bonchev–Trinajstić information content (AvgIpc) is 2.29. The van der Waals surface area contributed by atoms with Crippen molar-refractivity contribution >= 4 is 0 Å². The summed E-state index contributed by atoms with van der Waals surface area (Å²) in [5, 5.41) is 9.12. The first kappa shape index (κ1) is 9.96. The van der Waals surface area contributed by atoms with Gasteiger partial charge in [-0.25, -0.2) is 0 Å². The Kier molecular flexibility index (Phi) is 2.76. The predicted molar refractivity (Wildman–Crippen MR) is 49.9 cm³/mol. The monoisotopic (exact) mass is 172 g/mol. The lowest BCUT2D eigenvalue weighted by Gasteiger charge is -2.36. The maximum absolute atomic E-state index is 9.12. The molecule has 1 fully saturated rings. The van der Waals surface area contributed by atoms with Crippen LogP contribution in [0.4, 0.5) is 0 Å². The van der Waals surface area contributed by atoms with Gasteiger partial charge in [0.25, 0.3) is 0 Å². The largest absolute Gasteiger partial charge is 0.395 e. The number of nitrogens with zero attached hydrogens (tertiary/aromatic N) is 1. The van der Waals surface area contributed by atoms with Crippen molar-refractivity contribution in [2.75, 3.05) is 13.2 Å². The maximum atomic E-state index is 9.12. The highest BCUT2D eigenvalue weighted by Gasteiger charge is 2.35. The molecule has 0 aliphatic carbocycles. The van der Waals surface area contributed by atoms with E-state index in [4.69, 9.17) is 10.8 Å². The molecule has 0 unspecified atom stereocenters. The molecule has 1 saturated heterocycles. The first-order chi connectivity index (χ1) is 5.45. The third kappa shape index (κ3) is 1.97. The van der Waals surface area contributed by atoms with Crippen LogP contribution >= 0.6 is 0 Å². The Labute approximate surface area is 74.5 Å². The Balaban J connectivity index is 2.64. The zero-order valence-corrected chi connectivity index (χ0v) is 8.25. The zero-order valence-electron chi connectivity index (χ0n) is 8.25. The Morgan fingerprint density at radius 1 is 1.50 bits per heavy atom. The fourth-order valence-electron chi connectivity index (χ4n) is 1.95. The smallest absolute Gasteiger partial charge is 0.0587 e. The molecule has 0 aromatic heterocycles. The molecular weight excluding hydrogens is 152 g/mol. The van der Waals surface area contributed by atoms with Gasteiger partial charge in [-0.15, -0.1) is 0 Å². The van der Waals surface area contributed by atoms with Crippen molar-refractivity contribution in [1.82, 2.24) is 4.90 Å². The number of aliphatic hydroxyl groups excluding tert-OH is 1. The summed E-state index contributed by atoms with van der Waals surface area (Å²) in [6, 6.07) is 0.501. The number of hydrogen-bond donors (Lipinski definition) is 2. The quantitative estimate of drug-likeness (QED) is 0.593. The molecule has 0 radical (unpaired) electrons. The molecule has 1 aliphatic heterocycles. The van der Waals surface area contributed by atoms with Crippen molar-refractivity contribution in [3.8, 4) is 0 Å². The molecule has 0 aromatic rings. The number of likely N-dealkylation sites (tertiary alicyclic amines) is 1. The fourth-order valence-corrected chi connectivity index (χ4v) is 1.95. The summed E-state index contributed by atoms with van der Waals surface area (Å²) >= 11 is 0. The van der Waals surface area contributed by atoms with Crippen molar-refractivity contribution in [3.05, 3.63) is 0 Å². The van der Waals surface area contributed by atoms with Gasteiger partial charge in [0, 0.05) is 24.2 Å². The molecule has 3 nitrogen and oxygen atoms in total. The van der Waals surface area contributed by atoms with Crippen molar-refractivity contribution in [2.24, 2.45) is 5.73 Å². The molecule has 72 valence electrons. The van der Waals surface area contributed by atoms with E-state index < -0.39 is 0 Å². The summed E-state index contributed by atoms with van der Waals surface area (Å²) in [5.41, 5.74) is 5.96. The standard InChI is InChI=1S/C9H20N2O/c1-9(2,3)11-5-7(10)4-8(11)6-12/h7-8,12H,4-6,10H2,1-3H3/t7-,8-/m1/s1. The van der Waals surface area contributed by atoms with Gasteiger partial charge >= 0.3 is 0 Å². The van der Waals surface area contributed by atoms with E-state index in [9.17, 15) is 0 Å². The minimum atomic E-state index is 0.127. The minimum absolute atomic E-state index is 0.127. The van der Waals surface area contributed by atoms with Gasteiger partial charge in [0.05, 0.1) is 6.61 Å². The van der Waals surface area contributed by atoms with Crippen molar-refractivity contribution in [1.29, 1.82) is 0 Å². The molecule has 0 amide bonds. The van der Waals surface area contributed by atoms with E-state index in [0.29, 0.717) is 0 Å². The van der Waals surface area contributed by atoms with Crippen LogP contribution in [0.15, 0.2) is 0 Å². The van der Waals surface area contributed by atoms with Crippen LogP contribution in [0.2, 0.25) is 0 Å². The topological polar surface area (TPSA) is 49.5 Å². The summed E-state index contributed by atoms with van der Waals surface area (Å²) in [6.07, 6.45) is 0.924. The molecular formula is C9H20N2O. The zero-order chi connectivity index (χ0) is 9.35. The normalized spacial score (nSPS) is 32.8. The third-order valence-electron chi connectivity index (χ3n) is 2.52. The second kappa shape index (κ2) is 3.32. The second-order valence-corrected chi connectivity index (χ2v) is 4.66. The van der Waals surface area contributed by atoms with Crippen LogP contribution in [0.1, 0.15) is 27.2 Å². The van der Waals surface area contributed by atoms with E-state index in [-0.39, 0.29) is 24.2 Å². The molecule has 0 bridgehead atoms. The molecule has 1 aliphatic rings. The maximum Gasteiger partial charge on any atom is 0.0587 e. The van der Waals surface area contributed by atoms with E-state index in [0.717, 1.165) is 13.0 Å². The van der Waals surface area contributed by atoms with E-state index in [1.807, 2.05) is 0 Å². The lowest BCUT2D eigenvalue weighted by molar-refractivity contribution is 0.0800. The van der Waals surface area contributed by atoms with Gasteiger partial charge in [-0.3, -0.25) is 4.90 Å². The summed E-state index contributed by atoms with van der Waals surface area (Å²) in [5.74, 6) is 0. The van der Waals surface area contributed by atoms with E-state index in [1.165, 1.54) is 0 Å². The van der Waals surface area contributed by atoms with Gasteiger partial charge in [-0.2, -0.15) is 0 Å². The molecule has 12 heavy (non-hydrogen) atoms. The van der Waals surface area contributed by atoms with Gasteiger partial charge in [-0.1, -0.05) is 0 Å². The Morgan fingerprint density at radius 3 is 2.42 bits per heavy atom. The molecule has 2 atom stereocenters. The molecule has 1 heterocycles.